The Morgan fingerprint density at radius 2 is 2.28 bits per heavy atom. The van der Waals surface area contributed by atoms with Crippen LogP contribution in [0.2, 0.25) is 5.28 Å². The Morgan fingerprint density at radius 3 is 3.00 bits per heavy atom. The maximum absolute atomic E-state index is 8.87. The molecule has 0 atom stereocenters. The number of unbranched alkanes of at least 4 members (excludes halogenated alkanes) is 1. The van der Waals surface area contributed by atoms with Crippen LogP contribution in [0, 0.1) is 0 Å². The Labute approximate surface area is 110 Å². The smallest absolute Gasteiger partial charge is 0.226 e. The second-order valence-corrected chi connectivity index (χ2v) is 4.29. The van der Waals surface area contributed by atoms with Crippen LogP contribution in [0.3, 0.4) is 0 Å². The third-order valence-corrected chi connectivity index (χ3v) is 2.77. The lowest BCUT2D eigenvalue weighted by atomic mass is 10.3. The molecule has 2 N–H and O–H groups in total. The molecule has 0 aliphatic rings. The molecule has 0 unspecified atom stereocenters. The Hall–Kier alpha value is -1.40. The second kappa shape index (κ2) is 5.97. The third kappa shape index (κ3) is 2.70. The Kier molecular flexibility index (Phi) is 4.33. The van der Waals surface area contributed by atoms with E-state index >= 15 is 0 Å². The highest BCUT2D eigenvalue weighted by Crippen LogP contribution is 2.21. The van der Waals surface area contributed by atoms with Crippen molar-refractivity contribution in [2.75, 3.05) is 18.5 Å². The number of fused-ring (bicyclic) bond motifs is 1. The zero-order valence-electron chi connectivity index (χ0n) is 10.2. The number of nitrogens with one attached hydrogen (secondary N) is 1. The summed E-state index contributed by atoms with van der Waals surface area (Å²) in [6.07, 6.45) is 3.91. The highest BCUT2D eigenvalue weighted by molar-refractivity contribution is 6.28. The van der Waals surface area contributed by atoms with Crippen molar-refractivity contribution >= 4 is 28.6 Å². The number of hydrogen-bond donors (Lipinski definition) is 2. The van der Waals surface area contributed by atoms with E-state index in [9.17, 15) is 0 Å². The molecular weight excluding hydrogens is 254 g/mol. The molecule has 0 fully saturated rings. The van der Waals surface area contributed by atoms with E-state index < -0.39 is 0 Å². The summed E-state index contributed by atoms with van der Waals surface area (Å²) in [5, 5.41) is 12.1. The van der Waals surface area contributed by atoms with Gasteiger partial charge >= 0.3 is 0 Å². The molecule has 7 heteroatoms. The van der Waals surface area contributed by atoms with Crippen LogP contribution in [-0.4, -0.2) is 37.8 Å². The summed E-state index contributed by atoms with van der Waals surface area (Å²) in [7, 11) is 0. The van der Waals surface area contributed by atoms with Gasteiger partial charge in [0.2, 0.25) is 5.28 Å². The van der Waals surface area contributed by atoms with Crippen molar-refractivity contribution in [3.8, 4) is 0 Å². The Balaban J connectivity index is 2.41. The highest BCUT2D eigenvalue weighted by atomic mass is 35.5. The van der Waals surface area contributed by atoms with Crippen LogP contribution in [0.25, 0.3) is 11.2 Å². The minimum absolute atomic E-state index is 0.0339. The SMILES string of the molecule is CCCCn1cnc2nc(Cl)nc(NCCO)c21. The van der Waals surface area contributed by atoms with Crippen LogP contribution in [0.1, 0.15) is 19.8 Å². The fourth-order valence-electron chi connectivity index (χ4n) is 1.75. The quantitative estimate of drug-likeness (QED) is 0.781. The van der Waals surface area contributed by atoms with Gasteiger partial charge in [-0.15, -0.1) is 0 Å². The lowest BCUT2D eigenvalue weighted by Gasteiger charge is -2.08. The van der Waals surface area contributed by atoms with Crippen LogP contribution in [0.5, 0.6) is 0 Å². The first kappa shape index (κ1) is 13.0. The van der Waals surface area contributed by atoms with E-state index in [1.165, 1.54) is 0 Å². The van der Waals surface area contributed by atoms with Gasteiger partial charge in [-0.25, -0.2) is 4.98 Å². The molecule has 0 bridgehead atoms. The first-order chi connectivity index (χ1) is 8.76. The van der Waals surface area contributed by atoms with Crippen molar-refractivity contribution in [2.24, 2.45) is 0 Å². The van der Waals surface area contributed by atoms with E-state index in [4.69, 9.17) is 16.7 Å². The number of anilines is 1. The Morgan fingerprint density at radius 1 is 1.44 bits per heavy atom. The molecule has 98 valence electrons. The van der Waals surface area contributed by atoms with Crippen molar-refractivity contribution in [1.29, 1.82) is 0 Å². The number of halogens is 1. The lowest BCUT2D eigenvalue weighted by Crippen LogP contribution is -2.09. The Bertz CT molecular complexity index is 527. The topological polar surface area (TPSA) is 75.9 Å². The van der Waals surface area contributed by atoms with Gasteiger partial charge in [-0.3, -0.25) is 0 Å². The fraction of sp³-hybridized carbons (Fsp3) is 0.545. The molecule has 0 saturated heterocycles. The average Bonchev–Trinajstić information content (AvgIpc) is 2.76. The fourth-order valence-corrected chi connectivity index (χ4v) is 1.91. The molecule has 18 heavy (non-hydrogen) atoms. The maximum atomic E-state index is 8.87. The number of aliphatic hydroxyl groups excluding tert-OH is 1. The van der Waals surface area contributed by atoms with Gasteiger partial charge in [0.15, 0.2) is 11.5 Å². The van der Waals surface area contributed by atoms with Crippen molar-refractivity contribution in [3.63, 3.8) is 0 Å². The molecule has 6 nitrogen and oxygen atoms in total. The van der Waals surface area contributed by atoms with E-state index in [1.807, 2.05) is 4.57 Å². The number of imidazole rings is 1. The van der Waals surface area contributed by atoms with Gasteiger partial charge in [-0.1, -0.05) is 13.3 Å². The molecule has 0 amide bonds. The summed E-state index contributed by atoms with van der Waals surface area (Å²) < 4.78 is 2.01. The molecule has 0 saturated carbocycles. The van der Waals surface area contributed by atoms with Crippen LogP contribution in [-0.2, 0) is 6.54 Å². The highest BCUT2D eigenvalue weighted by Gasteiger charge is 2.12. The van der Waals surface area contributed by atoms with Crippen LogP contribution in [0.15, 0.2) is 6.33 Å². The minimum atomic E-state index is 0.0339. The standard InChI is InChI=1S/C11H16ClN5O/c1-2-3-5-17-7-14-10-8(17)9(13-4-6-18)15-11(12)16-10/h7,18H,2-6H2,1H3,(H,13,15,16). The van der Waals surface area contributed by atoms with Crippen molar-refractivity contribution in [2.45, 2.75) is 26.3 Å². The van der Waals surface area contributed by atoms with Gasteiger partial charge in [0, 0.05) is 13.1 Å². The molecule has 0 aromatic carbocycles. The third-order valence-electron chi connectivity index (χ3n) is 2.60. The van der Waals surface area contributed by atoms with E-state index in [0.717, 1.165) is 24.9 Å². The zero-order chi connectivity index (χ0) is 13.0. The summed E-state index contributed by atoms with van der Waals surface area (Å²) in [5.74, 6) is 0.618. The van der Waals surface area contributed by atoms with Crippen LogP contribution < -0.4 is 5.32 Å². The summed E-state index contributed by atoms with van der Waals surface area (Å²) in [6, 6.07) is 0. The first-order valence-corrected chi connectivity index (χ1v) is 6.37. The summed E-state index contributed by atoms with van der Waals surface area (Å²) in [5.41, 5.74) is 1.41. The van der Waals surface area contributed by atoms with Gasteiger partial charge in [0.05, 0.1) is 12.9 Å². The number of aromatic nitrogens is 4. The van der Waals surface area contributed by atoms with E-state index in [1.54, 1.807) is 6.33 Å². The van der Waals surface area contributed by atoms with Crippen molar-refractivity contribution < 1.29 is 5.11 Å². The van der Waals surface area contributed by atoms with Gasteiger partial charge in [0.1, 0.15) is 5.52 Å². The largest absolute Gasteiger partial charge is 0.395 e. The van der Waals surface area contributed by atoms with Crippen LogP contribution in [0.4, 0.5) is 5.82 Å². The van der Waals surface area contributed by atoms with Crippen LogP contribution >= 0.6 is 11.6 Å². The predicted octanol–water partition coefficient (Wildman–Crippen LogP) is 1.68. The molecular formula is C11H16ClN5O. The predicted molar refractivity (Wildman–Crippen MR) is 70.8 cm³/mol. The molecule has 2 aromatic rings. The van der Waals surface area contributed by atoms with Gasteiger partial charge in [-0.2, -0.15) is 9.97 Å². The zero-order valence-corrected chi connectivity index (χ0v) is 11.0. The monoisotopic (exact) mass is 269 g/mol. The number of rotatable bonds is 6. The van der Waals surface area contributed by atoms with Crippen molar-refractivity contribution in [1.82, 2.24) is 19.5 Å². The molecule has 2 rings (SSSR count). The molecule has 0 spiro atoms. The minimum Gasteiger partial charge on any atom is -0.395 e. The van der Waals surface area contributed by atoms with Crippen molar-refractivity contribution in [3.05, 3.63) is 11.6 Å². The summed E-state index contributed by atoms with van der Waals surface area (Å²) >= 11 is 5.84. The lowest BCUT2D eigenvalue weighted by molar-refractivity contribution is 0.311. The molecule has 0 aliphatic carbocycles. The first-order valence-electron chi connectivity index (χ1n) is 5.99. The summed E-state index contributed by atoms with van der Waals surface area (Å²) in [4.78, 5) is 12.5. The second-order valence-electron chi connectivity index (χ2n) is 3.96. The van der Waals surface area contributed by atoms with E-state index in [-0.39, 0.29) is 11.9 Å². The maximum Gasteiger partial charge on any atom is 0.226 e. The summed E-state index contributed by atoms with van der Waals surface area (Å²) in [6.45, 7) is 3.46. The molecule has 2 aromatic heterocycles. The van der Waals surface area contributed by atoms with Gasteiger partial charge in [0.25, 0.3) is 0 Å². The van der Waals surface area contributed by atoms with Gasteiger partial charge in [-0.05, 0) is 18.0 Å². The molecule has 2 heterocycles. The number of hydrogen-bond acceptors (Lipinski definition) is 5. The molecule has 0 radical (unpaired) electrons. The van der Waals surface area contributed by atoms with Gasteiger partial charge < -0.3 is 15.0 Å². The number of aliphatic hydroxyl groups is 1. The molecule has 0 aliphatic heterocycles. The average molecular weight is 270 g/mol. The van der Waals surface area contributed by atoms with E-state index in [0.29, 0.717) is 18.0 Å². The number of aryl methyl sites for hydroxylation is 1. The van der Waals surface area contributed by atoms with E-state index in [2.05, 4.69) is 27.2 Å². The normalized spacial score (nSPS) is 11.1. The number of nitrogens with zero attached hydrogens (tertiary/aromatic N) is 4.